The van der Waals surface area contributed by atoms with Crippen LogP contribution in [0.15, 0.2) is 30.6 Å². The van der Waals surface area contributed by atoms with E-state index >= 15 is 0 Å². The molecule has 6 nitrogen and oxygen atoms in total. The number of carbonyl (C=O) groups excluding carboxylic acids is 1. The predicted molar refractivity (Wildman–Crippen MR) is 94.2 cm³/mol. The van der Waals surface area contributed by atoms with Gasteiger partial charge < -0.3 is 4.90 Å². The van der Waals surface area contributed by atoms with E-state index in [2.05, 4.69) is 20.4 Å². The van der Waals surface area contributed by atoms with Gasteiger partial charge in [-0.2, -0.15) is 0 Å². The lowest BCUT2D eigenvalue weighted by Gasteiger charge is -2.34. The maximum Gasteiger partial charge on any atom is 0.227 e. The molecule has 0 N–H and O–H groups in total. The first kappa shape index (κ1) is 16.2. The predicted octanol–water partition coefficient (Wildman–Crippen LogP) is 2.78. The second-order valence-corrected chi connectivity index (χ2v) is 7.38. The summed E-state index contributed by atoms with van der Waals surface area (Å²) in [6.45, 7) is 0.964. The summed E-state index contributed by atoms with van der Waals surface area (Å²) < 4.78 is 1.62. The molecule has 0 radical (unpaired) electrons. The van der Waals surface area contributed by atoms with Crippen LogP contribution in [0.2, 0.25) is 0 Å². The third-order valence-electron chi connectivity index (χ3n) is 5.39. The van der Waals surface area contributed by atoms with E-state index in [0.717, 1.165) is 23.7 Å². The fourth-order valence-electron chi connectivity index (χ4n) is 3.75. The smallest absolute Gasteiger partial charge is 0.227 e. The minimum Gasteiger partial charge on any atom is -0.339 e. The van der Waals surface area contributed by atoms with Crippen molar-refractivity contribution in [1.29, 1.82) is 0 Å². The quantitative estimate of drug-likeness (QED) is 0.812. The molecule has 0 atom stereocenters. The van der Waals surface area contributed by atoms with Gasteiger partial charge in [-0.25, -0.2) is 4.68 Å². The van der Waals surface area contributed by atoms with Crippen molar-refractivity contribution in [3.05, 3.63) is 36.2 Å². The second-order valence-electron chi connectivity index (χ2n) is 7.38. The van der Waals surface area contributed by atoms with Crippen molar-refractivity contribution in [2.24, 2.45) is 5.92 Å². The van der Waals surface area contributed by atoms with Crippen LogP contribution in [0.5, 0.6) is 0 Å². The molecular weight excluding hydrogens is 314 g/mol. The molecule has 0 bridgehead atoms. The van der Waals surface area contributed by atoms with E-state index in [1.54, 1.807) is 11.0 Å². The van der Waals surface area contributed by atoms with Gasteiger partial charge in [0.25, 0.3) is 0 Å². The van der Waals surface area contributed by atoms with Crippen molar-refractivity contribution >= 4 is 5.91 Å². The first-order valence-electron chi connectivity index (χ1n) is 9.41. The Labute approximate surface area is 148 Å². The van der Waals surface area contributed by atoms with Crippen LogP contribution in [-0.4, -0.2) is 43.6 Å². The zero-order valence-corrected chi connectivity index (χ0v) is 14.5. The monoisotopic (exact) mass is 339 g/mol. The first-order valence-corrected chi connectivity index (χ1v) is 9.41. The Morgan fingerprint density at radius 3 is 2.48 bits per heavy atom. The molecule has 132 valence electrons. The van der Waals surface area contributed by atoms with E-state index in [9.17, 15) is 4.79 Å². The molecule has 1 amide bonds. The molecule has 0 unspecified atom stereocenters. The fraction of sp³-hybridized carbons (Fsp3) is 0.579. The highest BCUT2D eigenvalue weighted by Crippen LogP contribution is 2.33. The SMILES string of the molecule is O=C(Cc1ccc(-n2cnnn2)cc1)N(CC1CC1)C1CCCCC1. The Kier molecular flexibility index (Phi) is 4.76. The highest BCUT2D eigenvalue weighted by atomic mass is 16.2. The number of amides is 1. The van der Waals surface area contributed by atoms with Gasteiger partial charge in [-0.15, -0.1) is 5.10 Å². The topological polar surface area (TPSA) is 63.9 Å². The normalized spacial score (nSPS) is 18.2. The highest BCUT2D eigenvalue weighted by molar-refractivity contribution is 5.79. The fourth-order valence-corrected chi connectivity index (χ4v) is 3.75. The largest absolute Gasteiger partial charge is 0.339 e. The Hall–Kier alpha value is -2.24. The molecule has 1 heterocycles. The summed E-state index contributed by atoms with van der Waals surface area (Å²) >= 11 is 0. The maximum absolute atomic E-state index is 13.0. The summed E-state index contributed by atoms with van der Waals surface area (Å²) in [4.78, 5) is 15.2. The molecule has 2 aliphatic rings. The van der Waals surface area contributed by atoms with Crippen molar-refractivity contribution in [3.63, 3.8) is 0 Å². The average molecular weight is 339 g/mol. The van der Waals surface area contributed by atoms with Crippen LogP contribution in [0.4, 0.5) is 0 Å². The molecule has 4 rings (SSSR count). The van der Waals surface area contributed by atoms with Crippen LogP contribution in [-0.2, 0) is 11.2 Å². The summed E-state index contributed by atoms with van der Waals surface area (Å²) in [5.74, 6) is 1.03. The number of benzene rings is 1. The summed E-state index contributed by atoms with van der Waals surface area (Å²) in [6, 6.07) is 8.40. The van der Waals surface area contributed by atoms with Crippen molar-refractivity contribution in [1.82, 2.24) is 25.1 Å². The zero-order chi connectivity index (χ0) is 17.1. The Morgan fingerprint density at radius 2 is 1.84 bits per heavy atom. The number of carbonyl (C=O) groups is 1. The van der Waals surface area contributed by atoms with E-state index in [1.165, 1.54) is 44.9 Å². The van der Waals surface area contributed by atoms with Crippen LogP contribution in [0.3, 0.4) is 0 Å². The lowest BCUT2D eigenvalue weighted by molar-refractivity contribution is -0.133. The number of aromatic nitrogens is 4. The average Bonchev–Trinajstić information content (AvgIpc) is 3.31. The van der Waals surface area contributed by atoms with Crippen LogP contribution in [0.25, 0.3) is 5.69 Å². The summed E-state index contributed by atoms with van der Waals surface area (Å²) in [7, 11) is 0. The summed E-state index contributed by atoms with van der Waals surface area (Å²) in [5, 5.41) is 11.2. The number of hydrogen-bond acceptors (Lipinski definition) is 4. The van der Waals surface area contributed by atoms with Crippen LogP contribution in [0.1, 0.15) is 50.5 Å². The number of nitrogens with zero attached hydrogens (tertiary/aromatic N) is 5. The van der Waals surface area contributed by atoms with Crippen molar-refractivity contribution in [2.45, 2.75) is 57.4 Å². The van der Waals surface area contributed by atoms with Gasteiger partial charge in [-0.1, -0.05) is 31.4 Å². The minimum absolute atomic E-state index is 0.286. The van der Waals surface area contributed by atoms with Gasteiger partial charge in [0.05, 0.1) is 12.1 Å². The Bertz CT molecular complexity index is 687. The summed E-state index contributed by atoms with van der Waals surface area (Å²) in [6.07, 6.45) is 10.8. The van der Waals surface area contributed by atoms with Crippen molar-refractivity contribution < 1.29 is 4.79 Å². The number of rotatable bonds is 6. The van der Waals surface area contributed by atoms with Gasteiger partial charge in [0.1, 0.15) is 6.33 Å². The second kappa shape index (κ2) is 7.33. The first-order chi connectivity index (χ1) is 12.3. The molecule has 0 spiro atoms. The molecular formula is C19H25N5O. The van der Waals surface area contributed by atoms with Gasteiger partial charge in [-0.05, 0) is 59.7 Å². The highest BCUT2D eigenvalue weighted by Gasteiger charge is 2.31. The summed E-state index contributed by atoms with van der Waals surface area (Å²) in [5.41, 5.74) is 1.96. The molecule has 2 fully saturated rings. The molecule has 2 saturated carbocycles. The third-order valence-corrected chi connectivity index (χ3v) is 5.39. The molecule has 2 aromatic rings. The standard InChI is InChI=1S/C19H25N5O/c25-19(23(13-16-6-7-16)17-4-2-1-3-5-17)12-15-8-10-18(11-9-15)24-14-20-21-22-24/h8-11,14,16-17H,1-7,12-13H2. The minimum atomic E-state index is 0.286. The number of tetrazole rings is 1. The van der Waals surface area contributed by atoms with Crippen LogP contribution >= 0.6 is 0 Å². The lowest BCUT2D eigenvalue weighted by Crippen LogP contribution is -2.43. The third kappa shape index (κ3) is 4.06. The van der Waals surface area contributed by atoms with Gasteiger partial charge in [0.2, 0.25) is 5.91 Å². The van der Waals surface area contributed by atoms with Crippen molar-refractivity contribution in [3.8, 4) is 5.69 Å². The number of hydrogen-bond donors (Lipinski definition) is 0. The van der Waals surface area contributed by atoms with E-state index in [0.29, 0.717) is 12.5 Å². The molecule has 1 aromatic carbocycles. The van der Waals surface area contributed by atoms with Crippen LogP contribution in [0, 0.1) is 5.92 Å². The molecule has 2 aliphatic carbocycles. The van der Waals surface area contributed by atoms with E-state index in [4.69, 9.17) is 0 Å². The maximum atomic E-state index is 13.0. The molecule has 1 aromatic heterocycles. The molecule has 0 aliphatic heterocycles. The van der Waals surface area contributed by atoms with Crippen molar-refractivity contribution in [2.75, 3.05) is 6.54 Å². The lowest BCUT2D eigenvalue weighted by atomic mass is 9.93. The van der Waals surface area contributed by atoms with E-state index < -0.39 is 0 Å². The van der Waals surface area contributed by atoms with Gasteiger partial charge >= 0.3 is 0 Å². The molecule has 25 heavy (non-hydrogen) atoms. The Morgan fingerprint density at radius 1 is 1.08 bits per heavy atom. The van der Waals surface area contributed by atoms with E-state index in [1.807, 2.05) is 24.3 Å². The van der Waals surface area contributed by atoms with Gasteiger partial charge in [0, 0.05) is 12.6 Å². The zero-order valence-electron chi connectivity index (χ0n) is 14.5. The Balaban J connectivity index is 1.42. The van der Waals surface area contributed by atoms with E-state index in [-0.39, 0.29) is 5.91 Å². The van der Waals surface area contributed by atoms with Crippen LogP contribution < -0.4 is 0 Å². The van der Waals surface area contributed by atoms with Gasteiger partial charge in [0.15, 0.2) is 0 Å². The molecule has 0 saturated heterocycles. The molecule has 6 heteroatoms. The van der Waals surface area contributed by atoms with Gasteiger partial charge in [-0.3, -0.25) is 4.79 Å².